The summed E-state index contributed by atoms with van der Waals surface area (Å²) in [6, 6.07) is 10.7. The van der Waals surface area contributed by atoms with Gasteiger partial charge in [0.05, 0.1) is 6.61 Å². The number of carboxylic acids is 4. The second kappa shape index (κ2) is 43.1. The fourth-order valence-corrected chi connectivity index (χ4v) is 10.2. The van der Waals surface area contributed by atoms with E-state index in [1.807, 2.05) is 0 Å². The number of carboxylic acid groups (broad SMARTS) is 4. The van der Waals surface area contributed by atoms with Crippen LogP contribution in [0.1, 0.15) is 115 Å². The zero-order valence-corrected chi connectivity index (χ0v) is 54.7. The first kappa shape index (κ1) is 81.2. The number of aliphatic carboxylic acids is 4. The number of aliphatic hydroxyl groups is 1. The van der Waals surface area contributed by atoms with E-state index in [1.54, 1.807) is 105 Å². The van der Waals surface area contributed by atoms with Crippen molar-refractivity contribution in [2.75, 3.05) is 26.2 Å². The molecule has 0 aliphatic carbocycles. The predicted octanol–water partition coefficient (Wildman–Crippen LogP) is -1.96. The lowest BCUT2D eigenvalue weighted by Crippen LogP contribution is -2.61. The molecule has 0 saturated carbocycles. The maximum atomic E-state index is 14.8. The molecule has 1 aliphatic heterocycles. The van der Waals surface area contributed by atoms with E-state index in [4.69, 9.17) is 32.8 Å². The molecule has 11 atom stereocenters. The van der Waals surface area contributed by atoms with Crippen LogP contribution in [-0.2, 0) is 81.6 Å². The molecule has 11 unspecified atom stereocenters. The fraction of sp³-hybridized carbons (Fsp3) is 0.508. The van der Waals surface area contributed by atoms with Gasteiger partial charge in [-0.15, -0.1) is 0 Å². The molecule has 9 amide bonds. The van der Waals surface area contributed by atoms with Gasteiger partial charge in [0, 0.05) is 52.1 Å². The topological polar surface area (TPSA) is 539 Å². The Balaban J connectivity index is 0.00000595. The number of carbonyl (C=O) groups is 13. The van der Waals surface area contributed by atoms with Crippen LogP contribution in [0.15, 0.2) is 96.0 Å². The molecule has 1 heterocycles. The molecule has 4 rings (SSSR count). The number of rotatable bonds is 41. The van der Waals surface area contributed by atoms with E-state index in [2.05, 4.69) is 47.5 Å². The quantitative estimate of drug-likeness (QED) is 0.0167. The van der Waals surface area contributed by atoms with Crippen molar-refractivity contribution >= 4 is 83.0 Å². The summed E-state index contributed by atoms with van der Waals surface area (Å²) in [5.74, 6) is -14.0. The number of nitrogens with one attached hydrogen (secondary N) is 8. The van der Waals surface area contributed by atoms with Gasteiger partial charge in [0.2, 0.25) is 53.2 Å². The number of nitrogens with zero attached hydrogens (tertiary/aromatic N) is 2. The number of aliphatic imine (C=N–C) groups is 1. The largest absolute Gasteiger partial charge is 0.481 e. The Labute approximate surface area is 561 Å². The van der Waals surface area contributed by atoms with Crippen LogP contribution in [0.25, 0.3) is 0 Å². The number of carbonyl (C=O) groups excluding carboxylic acids is 9. The fourth-order valence-electron chi connectivity index (χ4n) is 10.2. The maximum absolute atomic E-state index is 14.8. The van der Waals surface area contributed by atoms with E-state index in [9.17, 15) is 78.0 Å². The van der Waals surface area contributed by atoms with Crippen LogP contribution in [0.5, 0.6) is 0 Å². The highest BCUT2D eigenvalue weighted by Crippen LogP contribution is 2.22. The highest BCUT2D eigenvalue weighted by Gasteiger charge is 2.41. The van der Waals surface area contributed by atoms with E-state index >= 15 is 0 Å². The van der Waals surface area contributed by atoms with Gasteiger partial charge in [-0.25, -0.2) is 4.79 Å². The summed E-state index contributed by atoms with van der Waals surface area (Å²) in [7, 11) is 0. The molecular formula is C65H94N14O18. The minimum absolute atomic E-state index is 0.0129. The Morgan fingerprint density at radius 2 is 0.938 bits per heavy atom. The van der Waals surface area contributed by atoms with E-state index in [0.29, 0.717) is 42.5 Å². The number of likely N-dealkylation sites (tertiary alicyclic amines) is 1. The number of guanidine groups is 1. The van der Waals surface area contributed by atoms with Crippen molar-refractivity contribution in [3.8, 4) is 0 Å². The molecule has 1 saturated heterocycles. The summed E-state index contributed by atoms with van der Waals surface area (Å²) in [6.07, 6.45) is -1.26. The Morgan fingerprint density at radius 3 is 1.36 bits per heavy atom. The van der Waals surface area contributed by atoms with E-state index < -0.39 is 176 Å². The minimum atomic E-state index is -1.71. The number of hydrogen-bond acceptors (Lipinski definition) is 17. The molecule has 97 heavy (non-hydrogen) atoms. The average molecular weight is 1360 g/mol. The average Bonchev–Trinajstić information content (AvgIpc) is 1.77. The zero-order chi connectivity index (χ0) is 72.1. The van der Waals surface area contributed by atoms with Crippen LogP contribution in [-0.4, -0.2) is 200 Å². The van der Waals surface area contributed by atoms with Gasteiger partial charge in [-0.2, -0.15) is 0 Å². The van der Waals surface area contributed by atoms with Crippen LogP contribution in [0.4, 0.5) is 0 Å². The Bertz CT molecular complexity index is 3120. The second-order valence-corrected chi connectivity index (χ2v) is 23.3. The van der Waals surface area contributed by atoms with E-state index in [1.165, 1.54) is 4.90 Å². The number of amides is 9. The first-order valence-electron chi connectivity index (χ1n) is 31.9. The lowest BCUT2D eigenvalue weighted by molar-refractivity contribution is -0.145. The third kappa shape index (κ3) is 30.0. The molecule has 1 fully saturated rings. The van der Waals surface area contributed by atoms with Gasteiger partial charge in [0.15, 0.2) is 5.96 Å². The monoisotopic (exact) mass is 1360 g/mol. The highest BCUT2D eigenvalue weighted by molar-refractivity contribution is 5.99. The third-order valence-electron chi connectivity index (χ3n) is 15.6. The van der Waals surface area contributed by atoms with Gasteiger partial charge < -0.3 is 95.9 Å². The van der Waals surface area contributed by atoms with Crippen molar-refractivity contribution in [1.82, 2.24) is 47.4 Å². The number of unbranched alkanes of at least 4 members (excludes halogenated alkanes) is 1. The third-order valence-corrected chi connectivity index (χ3v) is 15.6. The van der Waals surface area contributed by atoms with Gasteiger partial charge in [-0.1, -0.05) is 111 Å². The Morgan fingerprint density at radius 1 is 0.536 bits per heavy atom. The number of aliphatic hydroxyl groups excluding tert-OH is 1. The molecule has 21 N–H and O–H groups in total. The van der Waals surface area contributed by atoms with Crippen molar-refractivity contribution in [2.45, 2.75) is 178 Å². The maximum Gasteiger partial charge on any atom is 0.326 e. The molecule has 0 aromatic heterocycles. The molecule has 0 spiro atoms. The Hall–Kier alpha value is -10.1. The molecule has 3 aromatic carbocycles. The smallest absolute Gasteiger partial charge is 0.326 e. The van der Waals surface area contributed by atoms with Crippen molar-refractivity contribution in [3.05, 3.63) is 108 Å². The SMILES string of the molecule is CC(=O)O.CCC(C)C(NC(=O)C(CCC(=O)O)NC(=O)C(Cc1ccccc1)NC(=O)C(CCCN=C(N)N)NC(=O)C(CCC(=O)O)NC(=O)C(Cc1ccccc1)NC(=O)C(N)CO)C(=O)NC(Cc1ccccc1)C(=O)N1CCCC1C(=O)NC(CCCCN)C(=O)O. The van der Waals surface area contributed by atoms with Gasteiger partial charge in [0.1, 0.15) is 60.4 Å². The molecule has 32 heteroatoms. The molecule has 0 bridgehead atoms. The van der Waals surface area contributed by atoms with Crippen LogP contribution >= 0.6 is 0 Å². The highest BCUT2D eigenvalue weighted by atomic mass is 16.4. The normalized spacial score (nSPS) is 15.5. The van der Waals surface area contributed by atoms with Crippen molar-refractivity contribution in [3.63, 3.8) is 0 Å². The standard InChI is InChI=1S/C63H90N14O16.C2H4O2/c1-3-37(2)52(60(90)75-48(35-40-21-11-6-12-22-40)61(91)77-32-16-25-49(77)59(89)72-45(62(92)93)23-13-14-30-64)76-56(86)44(27-29-51(81)82)71-58(88)47(34-39-19-9-5-10-20-39)74-54(84)42(24-15-31-68-63(66)67)69-55(85)43(26-28-50(79)80)70-57(87)46(73-53(83)41(65)36-78)33-38-17-7-4-8-18-38;1-2(3)4/h4-12,17-22,37,41-49,52,78H,3,13-16,23-36,64-65H2,1-2H3,(H,69,85)(H,70,87)(H,71,88)(H,72,89)(H,73,83)(H,74,84)(H,75,90)(H,76,86)(H,79,80)(H,81,82)(H,92,93)(H4,66,67,68);1H3,(H,3,4). The molecule has 532 valence electrons. The lowest BCUT2D eigenvalue weighted by Gasteiger charge is -2.32. The summed E-state index contributed by atoms with van der Waals surface area (Å²) in [5.41, 5.74) is 24.1. The summed E-state index contributed by atoms with van der Waals surface area (Å²) in [5, 5.41) is 67.1. The molecule has 32 nitrogen and oxygen atoms in total. The van der Waals surface area contributed by atoms with Crippen LogP contribution in [0, 0.1) is 5.92 Å². The molecular weight excluding hydrogens is 1260 g/mol. The van der Waals surface area contributed by atoms with E-state index in [-0.39, 0.29) is 70.4 Å². The van der Waals surface area contributed by atoms with Crippen LogP contribution in [0.2, 0.25) is 0 Å². The number of hydrogen-bond donors (Lipinski definition) is 17. The summed E-state index contributed by atoms with van der Waals surface area (Å²) >= 11 is 0. The van der Waals surface area contributed by atoms with Gasteiger partial charge >= 0.3 is 17.9 Å². The number of nitrogens with two attached hydrogens (primary N) is 4. The number of benzene rings is 3. The van der Waals surface area contributed by atoms with Crippen molar-refractivity contribution in [2.24, 2.45) is 33.8 Å². The van der Waals surface area contributed by atoms with E-state index in [0.717, 1.165) is 6.92 Å². The van der Waals surface area contributed by atoms with Crippen LogP contribution in [0.3, 0.4) is 0 Å². The van der Waals surface area contributed by atoms with Crippen LogP contribution < -0.4 is 65.5 Å². The zero-order valence-electron chi connectivity index (χ0n) is 54.7. The van der Waals surface area contributed by atoms with Gasteiger partial charge in [-0.05, 0) is 86.9 Å². The van der Waals surface area contributed by atoms with Gasteiger partial charge in [-0.3, -0.25) is 62.5 Å². The van der Waals surface area contributed by atoms with Gasteiger partial charge in [0.25, 0.3) is 5.97 Å². The predicted molar refractivity (Wildman–Crippen MR) is 353 cm³/mol. The summed E-state index contributed by atoms with van der Waals surface area (Å²) in [6.45, 7) is 4.01. The molecule has 1 aliphatic rings. The Kier molecular flexibility index (Phi) is 36.0. The molecule has 3 aromatic rings. The summed E-state index contributed by atoms with van der Waals surface area (Å²) in [4.78, 5) is 179. The second-order valence-electron chi connectivity index (χ2n) is 23.3. The first-order valence-corrected chi connectivity index (χ1v) is 31.9. The summed E-state index contributed by atoms with van der Waals surface area (Å²) < 4.78 is 0. The van der Waals surface area contributed by atoms with Crippen molar-refractivity contribution in [1.29, 1.82) is 0 Å². The first-order chi connectivity index (χ1) is 46.1. The van der Waals surface area contributed by atoms with Crippen molar-refractivity contribution < 1.29 is 87.9 Å². The minimum Gasteiger partial charge on any atom is -0.481 e. The molecule has 0 radical (unpaired) electrons. The lowest BCUT2D eigenvalue weighted by atomic mass is 9.96.